The van der Waals surface area contributed by atoms with Crippen LogP contribution in [0.5, 0.6) is 0 Å². The van der Waals surface area contributed by atoms with Crippen molar-refractivity contribution in [2.24, 2.45) is 0 Å². The van der Waals surface area contributed by atoms with Gasteiger partial charge < -0.3 is 0 Å². The number of unbranched alkanes of at least 4 members (excludes halogenated alkanes) is 9. The number of allylic oxidation sites excluding steroid dienone is 4. The Morgan fingerprint density at radius 1 is 0.739 bits per heavy atom. The Labute approximate surface area is 144 Å². The van der Waals surface area contributed by atoms with Gasteiger partial charge in [0.2, 0.25) is 0 Å². The van der Waals surface area contributed by atoms with Crippen molar-refractivity contribution in [3.05, 3.63) is 24.3 Å². The van der Waals surface area contributed by atoms with Crippen molar-refractivity contribution in [1.29, 1.82) is 0 Å². The molecule has 0 heterocycles. The van der Waals surface area contributed by atoms with E-state index in [-0.39, 0.29) is 0 Å². The van der Waals surface area contributed by atoms with Crippen LogP contribution in [0.3, 0.4) is 0 Å². The van der Waals surface area contributed by atoms with E-state index in [0.717, 1.165) is 31.9 Å². The summed E-state index contributed by atoms with van der Waals surface area (Å²) in [4.78, 5) is 0. The molecule has 0 rings (SSSR count). The van der Waals surface area contributed by atoms with Gasteiger partial charge in [0.05, 0.1) is 12.9 Å². The lowest BCUT2D eigenvalue weighted by molar-refractivity contribution is 0.309. The van der Waals surface area contributed by atoms with Crippen LogP contribution in [-0.4, -0.2) is 21.3 Å². The Bertz CT molecular complexity index is 397. The molecule has 0 aliphatic rings. The summed E-state index contributed by atoms with van der Waals surface area (Å²) in [7, 11) is -3.26. The van der Waals surface area contributed by atoms with E-state index in [1.54, 1.807) is 0 Å². The summed E-state index contributed by atoms with van der Waals surface area (Å²) in [6, 6.07) is 0. The zero-order chi connectivity index (χ0) is 17.2. The predicted molar refractivity (Wildman–Crippen MR) is 100 cm³/mol. The maximum atomic E-state index is 10.8. The zero-order valence-corrected chi connectivity index (χ0v) is 16.0. The van der Waals surface area contributed by atoms with Gasteiger partial charge in [-0.15, -0.1) is 0 Å². The molecule has 0 N–H and O–H groups in total. The lowest BCUT2D eigenvalue weighted by Crippen LogP contribution is -2.03. The monoisotopic (exact) mass is 344 g/mol. The van der Waals surface area contributed by atoms with E-state index in [2.05, 4.69) is 31.2 Å². The Morgan fingerprint density at radius 2 is 1.26 bits per heavy atom. The average Bonchev–Trinajstić information content (AvgIpc) is 2.49. The van der Waals surface area contributed by atoms with Gasteiger partial charge in [-0.3, -0.25) is 4.18 Å². The third-order valence-corrected chi connectivity index (χ3v) is 4.24. The van der Waals surface area contributed by atoms with E-state index in [1.165, 1.54) is 51.4 Å². The van der Waals surface area contributed by atoms with Crippen molar-refractivity contribution in [3.8, 4) is 0 Å². The van der Waals surface area contributed by atoms with Crippen molar-refractivity contribution >= 4 is 10.1 Å². The standard InChI is InChI=1S/C19H36O3S/c1-3-4-5-6-7-8-9-10-11-12-13-14-15-16-17-18-19-22-23(2,20)21/h7-8,10-11H,3-6,9,12-19H2,1-2H3. The maximum absolute atomic E-state index is 10.8. The van der Waals surface area contributed by atoms with Crippen molar-refractivity contribution in [2.75, 3.05) is 12.9 Å². The molecule has 0 saturated heterocycles. The number of hydrogen-bond acceptors (Lipinski definition) is 3. The highest BCUT2D eigenvalue weighted by Gasteiger charge is 1.99. The van der Waals surface area contributed by atoms with E-state index < -0.39 is 10.1 Å². The van der Waals surface area contributed by atoms with Gasteiger partial charge in [0.1, 0.15) is 0 Å². The molecule has 0 amide bonds. The van der Waals surface area contributed by atoms with Crippen LogP contribution in [0.4, 0.5) is 0 Å². The molecule has 0 radical (unpaired) electrons. The minimum atomic E-state index is -3.26. The molecule has 4 heteroatoms. The molecule has 0 atom stereocenters. The van der Waals surface area contributed by atoms with Gasteiger partial charge in [-0.05, 0) is 38.5 Å². The first kappa shape index (κ1) is 22.4. The highest BCUT2D eigenvalue weighted by atomic mass is 32.2. The molecule has 0 unspecified atom stereocenters. The summed E-state index contributed by atoms with van der Waals surface area (Å²) in [5.74, 6) is 0. The minimum Gasteiger partial charge on any atom is -0.270 e. The molecule has 0 saturated carbocycles. The normalized spacial score (nSPS) is 12.6. The van der Waals surface area contributed by atoms with Gasteiger partial charge in [0.15, 0.2) is 0 Å². The van der Waals surface area contributed by atoms with E-state index in [0.29, 0.717) is 6.61 Å². The highest BCUT2D eigenvalue weighted by Crippen LogP contribution is 2.08. The van der Waals surface area contributed by atoms with Gasteiger partial charge in [0, 0.05) is 0 Å². The maximum Gasteiger partial charge on any atom is 0.264 e. The minimum absolute atomic E-state index is 0.327. The summed E-state index contributed by atoms with van der Waals surface area (Å²) in [5.41, 5.74) is 0. The van der Waals surface area contributed by atoms with Crippen molar-refractivity contribution in [1.82, 2.24) is 0 Å². The fourth-order valence-electron chi connectivity index (χ4n) is 2.30. The van der Waals surface area contributed by atoms with Gasteiger partial charge in [-0.2, -0.15) is 8.42 Å². The van der Waals surface area contributed by atoms with Crippen molar-refractivity contribution in [2.45, 2.75) is 84.0 Å². The first-order chi connectivity index (χ1) is 11.1. The zero-order valence-electron chi connectivity index (χ0n) is 15.1. The molecule has 0 aromatic heterocycles. The van der Waals surface area contributed by atoms with Gasteiger partial charge in [0.25, 0.3) is 10.1 Å². The third-order valence-electron chi connectivity index (χ3n) is 3.64. The fraction of sp³-hybridized carbons (Fsp3) is 0.789. The highest BCUT2D eigenvalue weighted by molar-refractivity contribution is 7.85. The molecule has 0 bridgehead atoms. The summed E-state index contributed by atoms with van der Waals surface area (Å²) < 4.78 is 26.2. The van der Waals surface area contributed by atoms with Crippen molar-refractivity contribution in [3.63, 3.8) is 0 Å². The lowest BCUT2D eigenvalue weighted by atomic mass is 10.1. The van der Waals surface area contributed by atoms with E-state index >= 15 is 0 Å². The summed E-state index contributed by atoms with van der Waals surface area (Å²) in [5, 5.41) is 0. The average molecular weight is 345 g/mol. The Morgan fingerprint density at radius 3 is 1.83 bits per heavy atom. The van der Waals surface area contributed by atoms with Gasteiger partial charge in [-0.1, -0.05) is 69.8 Å². The van der Waals surface area contributed by atoms with E-state index in [1.807, 2.05) is 0 Å². The van der Waals surface area contributed by atoms with Crippen molar-refractivity contribution < 1.29 is 12.6 Å². The van der Waals surface area contributed by atoms with E-state index in [4.69, 9.17) is 4.18 Å². The number of rotatable bonds is 16. The van der Waals surface area contributed by atoms with Gasteiger partial charge in [-0.25, -0.2) is 0 Å². The van der Waals surface area contributed by atoms with Crippen LogP contribution in [0, 0.1) is 0 Å². The Kier molecular flexibility index (Phi) is 15.8. The van der Waals surface area contributed by atoms with Crippen LogP contribution in [-0.2, 0) is 14.3 Å². The van der Waals surface area contributed by atoms with Crippen LogP contribution in [0.1, 0.15) is 84.0 Å². The molecule has 0 aromatic rings. The molecule has 0 aromatic carbocycles. The van der Waals surface area contributed by atoms with E-state index in [9.17, 15) is 8.42 Å². The molecule has 136 valence electrons. The molecular weight excluding hydrogens is 308 g/mol. The van der Waals surface area contributed by atoms with Crippen LogP contribution in [0.2, 0.25) is 0 Å². The summed E-state index contributed by atoms with van der Waals surface area (Å²) >= 11 is 0. The second-order valence-corrected chi connectivity index (χ2v) is 7.75. The lowest BCUT2D eigenvalue weighted by Gasteiger charge is -2.01. The second kappa shape index (κ2) is 16.3. The largest absolute Gasteiger partial charge is 0.270 e. The first-order valence-corrected chi connectivity index (χ1v) is 11.0. The molecular formula is C19H36O3S. The fourth-order valence-corrected chi connectivity index (χ4v) is 2.72. The summed E-state index contributed by atoms with van der Waals surface area (Å²) in [6.07, 6.45) is 24.4. The topological polar surface area (TPSA) is 43.4 Å². The van der Waals surface area contributed by atoms with Crippen LogP contribution in [0.25, 0.3) is 0 Å². The quantitative estimate of drug-likeness (QED) is 0.203. The molecule has 0 aliphatic heterocycles. The van der Waals surface area contributed by atoms with Crippen LogP contribution >= 0.6 is 0 Å². The first-order valence-electron chi connectivity index (χ1n) is 9.20. The third kappa shape index (κ3) is 21.4. The predicted octanol–water partition coefficient (Wildman–Crippen LogP) is 5.78. The Hall–Kier alpha value is -0.610. The number of hydrogen-bond donors (Lipinski definition) is 0. The molecule has 3 nitrogen and oxygen atoms in total. The molecule has 0 fully saturated rings. The molecule has 0 aliphatic carbocycles. The molecule has 0 spiro atoms. The van der Waals surface area contributed by atoms with Crippen LogP contribution in [0.15, 0.2) is 24.3 Å². The smallest absolute Gasteiger partial charge is 0.264 e. The summed E-state index contributed by atoms with van der Waals surface area (Å²) in [6.45, 7) is 2.56. The second-order valence-electron chi connectivity index (χ2n) is 6.11. The molecule has 23 heavy (non-hydrogen) atoms. The van der Waals surface area contributed by atoms with Gasteiger partial charge >= 0.3 is 0 Å². The van der Waals surface area contributed by atoms with Crippen LogP contribution < -0.4 is 0 Å². The Balaban J connectivity index is 3.22. The SMILES string of the molecule is CCCCCC=CCC=CCCCCCCCCOS(C)(=O)=O.